The number of halogens is 1. The highest BCUT2D eigenvalue weighted by atomic mass is 35.5. The summed E-state index contributed by atoms with van der Waals surface area (Å²) in [6, 6.07) is 7.37. The second-order valence-corrected chi connectivity index (χ2v) is 5.96. The fraction of sp³-hybridized carbons (Fsp3) is 0.438. The Balaban J connectivity index is 1.70. The van der Waals surface area contributed by atoms with Gasteiger partial charge < -0.3 is 9.73 Å². The van der Waals surface area contributed by atoms with Crippen molar-refractivity contribution in [2.75, 3.05) is 0 Å². The van der Waals surface area contributed by atoms with Crippen LogP contribution in [0.5, 0.6) is 0 Å². The summed E-state index contributed by atoms with van der Waals surface area (Å²) in [6.45, 7) is 0. The zero-order valence-electron chi connectivity index (χ0n) is 12.2. The maximum absolute atomic E-state index is 12.2. The molecule has 6 heteroatoms. The van der Waals surface area contributed by atoms with Crippen molar-refractivity contribution in [2.24, 2.45) is 0 Å². The van der Waals surface area contributed by atoms with Gasteiger partial charge in [0.25, 0.3) is 0 Å². The second-order valence-electron chi connectivity index (χ2n) is 5.55. The molecule has 0 aliphatic heterocycles. The monoisotopic (exact) mass is 319 g/mol. The van der Waals surface area contributed by atoms with E-state index in [9.17, 15) is 4.79 Å². The molecule has 2 aromatic rings. The van der Waals surface area contributed by atoms with Gasteiger partial charge in [-0.25, -0.2) is 0 Å². The molecule has 1 N–H and O–H groups in total. The third-order valence-electron chi connectivity index (χ3n) is 3.91. The lowest BCUT2D eigenvalue weighted by atomic mass is 10.1. The number of nitrogens with zero attached hydrogens (tertiary/aromatic N) is 2. The average Bonchev–Trinajstić information content (AvgIpc) is 2.87. The van der Waals surface area contributed by atoms with E-state index in [1.54, 1.807) is 12.1 Å². The summed E-state index contributed by atoms with van der Waals surface area (Å²) < 4.78 is 5.47. The second kappa shape index (κ2) is 6.92. The number of aromatic nitrogens is 2. The van der Waals surface area contributed by atoms with E-state index in [2.05, 4.69) is 15.5 Å². The third kappa shape index (κ3) is 3.47. The molecular formula is C16H18ClN3O2. The van der Waals surface area contributed by atoms with Crippen molar-refractivity contribution in [3.05, 3.63) is 35.2 Å². The summed E-state index contributed by atoms with van der Waals surface area (Å²) >= 11 is 6.09. The van der Waals surface area contributed by atoms with Gasteiger partial charge in [0.1, 0.15) is 0 Å². The quantitative estimate of drug-likeness (QED) is 0.873. The molecule has 0 atom stereocenters. The third-order valence-corrected chi connectivity index (χ3v) is 4.24. The van der Waals surface area contributed by atoms with Crippen LogP contribution in [0, 0.1) is 0 Å². The van der Waals surface area contributed by atoms with E-state index in [0.29, 0.717) is 10.6 Å². The zero-order chi connectivity index (χ0) is 15.4. The van der Waals surface area contributed by atoms with Crippen molar-refractivity contribution < 1.29 is 9.21 Å². The standard InChI is InChI=1S/C16H18ClN3O2/c17-13-10-6-5-9-12(13)15-19-20-16(22-15)14(21)18-11-7-3-1-2-4-8-11/h5-6,9-11H,1-4,7-8H2,(H,18,21). The lowest BCUT2D eigenvalue weighted by molar-refractivity contribution is 0.0899. The van der Waals surface area contributed by atoms with E-state index in [-0.39, 0.29) is 23.7 Å². The van der Waals surface area contributed by atoms with Crippen molar-refractivity contribution in [1.82, 2.24) is 15.5 Å². The highest BCUT2D eigenvalue weighted by molar-refractivity contribution is 6.33. The van der Waals surface area contributed by atoms with Crippen LogP contribution in [-0.2, 0) is 0 Å². The normalized spacial score (nSPS) is 16.2. The number of hydrogen-bond donors (Lipinski definition) is 1. The Hall–Kier alpha value is -1.88. The predicted octanol–water partition coefficient (Wildman–Crippen LogP) is 3.84. The van der Waals surface area contributed by atoms with E-state index in [4.69, 9.17) is 16.0 Å². The first-order chi connectivity index (χ1) is 10.7. The number of amides is 1. The summed E-state index contributed by atoms with van der Waals surface area (Å²) in [5, 5.41) is 11.3. The zero-order valence-corrected chi connectivity index (χ0v) is 13.0. The van der Waals surface area contributed by atoms with E-state index >= 15 is 0 Å². The fourth-order valence-corrected chi connectivity index (χ4v) is 2.95. The number of hydrogen-bond acceptors (Lipinski definition) is 4. The van der Waals surface area contributed by atoms with Gasteiger partial charge in [-0.3, -0.25) is 4.79 Å². The topological polar surface area (TPSA) is 68.0 Å². The molecule has 1 aliphatic rings. The molecule has 116 valence electrons. The Kier molecular flexibility index (Phi) is 4.73. The summed E-state index contributed by atoms with van der Waals surface area (Å²) in [4.78, 5) is 12.2. The molecule has 1 saturated carbocycles. The van der Waals surface area contributed by atoms with Crippen LogP contribution < -0.4 is 5.32 Å². The number of carbonyl (C=O) groups is 1. The molecule has 22 heavy (non-hydrogen) atoms. The van der Waals surface area contributed by atoms with Gasteiger partial charge in [-0.15, -0.1) is 10.2 Å². The highest BCUT2D eigenvalue weighted by Gasteiger charge is 2.21. The van der Waals surface area contributed by atoms with Gasteiger partial charge in [0.15, 0.2) is 0 Å². The minimum absolute atomic E-state index is 0.0147. The Morgan fingerprint density at radius 1 is 1.14 bits per heavy atom. The molecule has 1 aliphatic carbocycles. The number of nitrogens with one attached hydrogen (secondary N) is 1. The molecule has 0 unspecified atom stereocenters. The minimum atomic E-state index is -0.308. The molecule has 0 spiro atoms. The Morgan fingerprint density at radius 2 is 1.86 bits per heavy atom. The summed E-state index contributed by atoms with van der Waals surface area (Å²) in [7, 11) is 0. The van der Waals surface area contributed by atoms with Crippen LogP contribution in [0.3, 0.4) is 0 Å². The molecule has 5 nitrogen and oxygen atoms in total. The Labute approximate surface area is 134 Å². The summed E-state index contributed by atoms with van der Waals surface area (Å²) in [6.07, 6.45) is 6.81. The molecule has 1 amide bonds. The minimum Gasteiger partial charge on any atom is -0.412 e. The van der Waals surface area contributed by atoms with Crippen LogP contribution in [0.25, 0.3) is 11.5 Å². The highest BCUT2D eigenvalue weighted by Crippen LogP contribution is 2.26. The smallest absolute Gasteiger partial charge is 0.309 e. The van der Waals surface area contributed by atoms with Crippen LogP contribution in [0.1, 0.15) is 49.2 Å². The van der Waals surface area contributed by atoms with Gasteiger partial charge in [-0.1, -0.05) is 49.4 Å². The largest absolute Gasteiger partial charge is 0.412 e. The Morgan fingerprint density at radius 3 is 2.59 bits per heavy atom. The molecule has 0 saturated heterocycles. The average molecular weight is 320 g/mol. The number of carbonyl (C=O) groups excluding carboxylic acids is 1. The predicted molar refractivity (Wildman–Crippen MR) is 83.7 cm³/mol. The van der Waals surface area contributed by atoms with E-state index in [0.717, 1.165) is 25.7 Å². The first-order valence-electron chi connectivity index (χ1n) is 7.63. The molecule has 1 fully saturated rings. The van der Waals surface area contributed by atoms with Crippen molar-refractivity contribution in [3.63, 3.8) is 0 Å². The first-order valence-corrected chi connectivity index (χ1v) is 8.01. The maximum atomic E-state index is 12.2. The molecule has 1 aromatic heterocycles. The molecule has 0 radical (unpaired) electrons. The van der Waals surface area contributed by atoms with Crippen molar-refractivity contribution in [3.8, 4) is 11.5 Å². The van der Waals surface area contributed by atoms with Crippen molar-refractivity contribution in [2.45, 2.75) is 44.6 Å². The number of rotatable bonds is 3. The lowest BCUT2D eigenvalue weighted by Crippen LogP contribution is -2.34. The van der Waals surface area contributed by atoms with Crippen LogP contribution in [0.15, 0.2) is 28.7 Å². The van der Waals surface area contributed by atoms with Crippen molar-refractivity contribution in [1.29, 1.82) is 0 Å². The van der Waals surface area contributed by atoms with Gasteiger partial charge in [-0.05, 0) is 25.0 Å². The molecule has 3 rings (SSSR count). The summed E-state index contributed by atoms with van der Waals surface area (Å²) in [5.74, 6) is -0.0616. The van der Waals surface area contributed by atoms with Gasteiger partial charge in [0.2, 0.25) is 5.89 Å². The van der Waals surface area contributed by atoms with Crippen LogP contribution in [0.2, 0.25) is 5.02 Å². The van der Waals surface area contributed by atoms with Crippen LogP contribution in [-0.4, -0.2) is 22.1 Å². The van der Waals surface area contributed by atoms with E-state index in [1.165, 1.54) is 12.8 Å². The molecule has 1 heterocycles. The van der Waals surface area contributed by atoms with E-state index < -0.39 is 0 Å². The number of benzene rings is 1. The van der Waals surface area contributed by atoms with Gasteiger partial charge >= 0.3 is 11.8 Å². The fourth-order valence-electron chi connectivity index (χ4n) is 2.73. The van der Waals surface area contributed by atoms with Crippen LogP contribution >= 0.6 is 11.6 Å². The van der Waals surface area contributed by atoms with Crippen LogP contribution in [0.4, 0.5) is 0 Å². The molecule has 0 bridgehead atoms. The van der Waals surface area contributed by atoms with E-state index in [1.807, 2.05) is 12.1 Å². The molecular weight excluding hydrogens is 302 g/mol. The molecule has 1 aromatic carbocycles. The van der Waals surface area contributed by atoms with Gasteiger partial charge in [-0.2, -0.15) is 0 Å². The van der Waals surface area contributed by atoms with Gasteiger partial charge in [0, 0.05) is 6.04 Å². The first kappa shape index (κ1) is 15.0. The summed E-state index contributed by atoms with van der Waals surface area (Å²) in [5.41, 5.74) is 0.630. The SMILES string of the molecule is O=C(NC1CCCCCC1)c1nnc(-c2ccccc2Cl)o1. The lowest BCUT2D eigenvalue weighted by Gasteiger charge is -2.14. The Bertz CT molecular complexity index is 648. The maximum Gasteiger partial charge on any atom is 0.309 e. The van der Waals surface area contributed by atoms with Gasteiger partial charge in [0.05, 0.1) is 10.6 Å². The van der Waals surface area contributed by atoms with Crippen molar-refractivity contribution >= 4 is 17.5 Å².